The Balaban J connectivity index is 1.49. The summed E-state index contributed by atoms with van der Waals surface area (Å²) >= 11 is 13.2. The molecule has 0 radical (unpaired) electrons. The van der Waals surface area contributed by atoms with Gasteiger partial charge in [0.05, 0.1) is 28.0 Å². The molecular weight excluding hydrogens is 443 g/mol. The second-order valence-corrected chi connectivity index (χ2v) is 8.63. The van der Waals surface area contributed by atoms with E-state index in [-0.39, 0.29) is 17.3 Å². The molecule has 0 spiro atoms. The molecule has 2 aromatic heterocycles. The number of rotatable bonds is 6. The molecule has 0 saturated carbocycles. The molecule has 154 valence electrons. The first-order valence-electron chi connectivity index (χ1n) is 9.41. The topological polar surface area (TPSA) is 76.9 Å². The fourth-order valence-corrected chi connectivity index (χ4v) is 4.60. The van der Waals surface area contributed by atoms with Crippen LogP contribution in [0.2, 0.25) is 10.0 Å². The number of thioether (sulfide) groups is 1. The van der Waals surface area contributed by atoms with E-state index in [0.29, 0.717) is 27.3 Å². The number of hydrogen-bond acceptors (Lipinski definition) is 5. The van der Waals surface area contributed by atoms with Gasteiger partial charge in [0.2, 0.25) is 5.91 Å². The van der Waals surface area contributed by atoms with Crippen molar-refractivity contribution in [3.63, 3.8) is 0 Å². The van der Waals surface area contributed by atoms with Gasteiger partial charge in [-0.15, -0.1) is 0 Å². The molecular formula is C21H18Cl2N4O2S. The number of carbonyl (C=O) groups is 1. The van der Waals surface area contributed by atoms with E-state index in [4.69, 9.17) is 23.2 Å². The van der Waals surface area contributed by atoms with E-state index in [0.717, 1.165) is 36.2 Å². The van der Waals surface area contributed by atoms with Crippen LogP contribution < -0.4 is 11.0 Å². The van der Waals surface area contributed by atoms with Gasteiger partial charge >= 0.3 is 5.69 Å². The van der Waals surface area contributed by atoms with Crippen LogP contribution >= 0.6 is 35.0 Å². The van der Waals surface area contributed by atoms with Crippen molar-refractivity contribution in [2.45, 2.75) is 30.8 Å². The summed E-state index contributed by atoms with van der Waals surface area (Å²) in [6.07, 6.45) is 4.35. The molecule has 0 fully saturated rings. The van der Waals surface area contributed by atoms with E-state index in [2.05, 4.69) is 15.3 Å². The highest BCUT2D eigenvalue weighted by molar-refractivity contribution is 8.00. The summed E-state index contributed by atoms with van der Waals surface area (Å²) < 4.78 is 1.70. The van der Waals surface area contributed by atoms with Gasteiger partial charge in [0, 0.05) is 23.1 Å². The smallest absolute Gasteiger partial charge is 0.325 e. The van der Waals surface area contributed by atoms with Crippen molar-refractivity contribution in [1.82, 2.24) is 14.5 Å². The molecule has 4 rings (SSSR count). The second-order valence-electron chi connectivity index (χ2n) is 6.85. The maximum atomic E-state index is 12.7. The van der Waals surface area contributed by atoms with Gasteiger partial charge in [0.15, 0.2) is 0 Å². The summed E-state index contributed by atoms with van der Waals surface area (Å²) in [5.41, 5.74) is 3.12. The molecule has 0 aliphatic heterocycles. The summed E-state index contributed by atoms with van der Waals surface area (Å²) in [4.78, 5) is 33.6. The predicted octanol–water partition coefficient (Wildman–Crippen LogP) is 4.21. The number of nitrogens with zero attached hydrogens (tertiary/aromatic N) is 3. The van der Waals surface area contributed by atoms with Gasteiger partial charge in [-0.3, -0.25) is 14.3 Å². The maximum absolute atomic E-state index is 12.7. The zero-order valence-corrected chi connectivity index (χ0v) is 18.2. The van der Waals surface area contributed by atoms with Crippen molar-refractivity contribution in [1.29, 1.82) is 0 Å². The van der Waals surface area contributed by atoms with Crippen molar-refractivity contribution in [2.75, 3.05) is 11.1 Å². The molecule has 30 heavy (non-hydrogen) atoms. The average Bonchev–Trinajstić information content (AvgIpc) is 3.22. The number of pyridine rings is 1. The molecule has 1 aromatic carbocycles. The molecule has 1 aliphatic rings. The Hall–Kier alpha value is -2.35. The van der Waals surface area contributed by atoms with Gasteiger partial charge < -0.3 is 5.32 Å². The van der Waals surface area contributed by atoms with Gasteiger partial charge in [-0.05, 0) is 49.6 Å². The van der Waals surface area contributed by atoms with E-state index in [1.807, 2.05) is 18.2 Å². The monoisotopic (exact) mass is 460 g/mol. The Morgan fingerprint density at radius 3 is 2.80 bits per heavy atom. The van der Waals surface area contributed by atoms with Gasteiger partial charge in [-0.25, -0.2) is 4.79 Å². The summed E-state index contributed by atoms with van der Waals surface area (Å²) in [5.74, 6) is -0.0618. The molecule has 0 atom stereocenters. The summed E-state index contributed by atoms with van der Waals surface area (Å²) in [6.45, 7) is 0.401. The van der Waals surface area contributed by atoms with E-state index in [1.54, 1.807) is 29.0 Å². The molecule has 1 N–H and O–H groups in total. The van der Waals surface area contributed by atoms with Gasteiger partial charge in [-0.1, -0.05) is 41.0 Å². The van der Waals surface area contributed by atoms with Crippen LogP contribution in [0.3, 0.4) is 0 Å². The summed E-state index contributed by atoms with van der Waals surface area (Å²) in [5, 5.41) is 4.22. The molecule has 1 amide bonds. The quantitative estimate of drug-likeness (QED) is 0.440. The third-order valence-electron chi connectivity index (χ3n) is 4.79. The highest BCUT2D eigenvalue weighted by Gasteiger charge is 2.22. The van der Waals surface area contributed by atoms with Crippen molar-refractivity contribution in [3.8, 4) is 0 Å². The number of hydrogen-bond donors (Lipinski definition) is 1. The first-order chi connectivity index (χ1) is 14.5. The number of fused-ring (bicyclic) bond motifs is 1. The third kappa shape index (κ3) is 4.69. The lowest BCUT2D eigenvalue weighted by molar-refractivity contribution is -0.113. The number of amides is 1. The highest BCUT2D eigenvalue weighted by Crippen LogP contribution is 2.30. The number of anilines is 1. The molecule has 0 unspecified atom stereocenters. The van der Waals surface area contributed by atoms with Crippen LogP contribution in [0.25, 0.3) is 0 Å². The van der Waals surface area contributed by atoms with E-state index >= 15 is 0 Å². The number of halogens is 2. The number of nitrogens with one attached hydrogen (secondary N) is 1. The lowest BCUT2D eigenvalue weighted by atomic mass is 10.2. The molecule has 6 nitrogen and oxygen atoms in total. The Labute approximate surface area is 187 Å². The van der Waals surface area contributed by atoms with Crippen molar-refractivity contribution < 1.29 is 4.79 Å². The zero-order valence-electron chi connectivity index (χ0n) is 15.9. The molecule has 3 aromatic rings. The standard InChI is InChI=1S/C21H18Cl2N4O2S/c22-16-8-7-13(10-17(16)23)25-19(28)12-30-20-15-5-3-6-18(15)27(21(29)26-20)11-14-4-1-2-9-24-14/h1-2,4,7-10H,3,5-6,11-12H2,(H,25,28). The average molecular weight is 461 g/mol. The predicted molar refractivity (Wildman–Crippen MR) is 120 cm³/mol. The van der Waals surface area contributed by atoms with E-state index in [9.17, 15) is 9.59 Å². The minimum atomic E-state index is -0.311. The Bertz CT molecular complexity index is 1150. The summed E-state index contributed by atoms with van der Waals surface area (Å²) in [6, 6.07) is 10.5. The van der Waals surface area contributed by atoms with Crippen LogP contribution in [0.5, 0.6) is 0 Å². The molecule has 1 aliphatic carbocycles. The Morgan fingerprint density at radius 1 is 1.17 bits per heavy atom. The fraction of sp³-hybridized carbons (Fsp3) is 0.238. The third-order valence-corrected chi connectivity index (χ3v) is 6.55. The highest BCUT2D eigenvalue weighted by atomic mass is 35.5. The molecule has 9 heteroatoms. The van der Waals surface area contributed by atoms with Crippen LogP contribution in [-0.4, -0.2) is 26.2 Å². The normalized spacial score (nSPS) is 12.6. The maximum Gasteiger partial charge on any atom is 0.349 e. The first-order valence-corrected chi connectivity index (χ1v) is 11.2. The van der Waals surface area contributed by atoms with E-state index < -0.39 is 0 Å². The largest absolute Gasteiger partial charge is 0.349 e. The Kier molecular flexibility index (Phi) is 6.41. The fourth-order valence-electron chi connectivity index (χ4n) is 3.43. The Morgan fingerprint density at radius 2 is 2.03 bits per heavy atom. The number of carbonyl (C=O) groups excluding carboxylic acids is 1. The van der Waals surface area contributed by atoms with Gasteiger partial charge in [0.25, 0.3) is 0 Å². The number of aromatic nitrogens is 3. The van der Waals surface area contributed by atoms with Crippen molar-refractivity contribution >= 4 is 46.6 Å². The molecule has 0 bridgehead atoms. The minimum absolute atomic E-state index is 0.142. The van der Waals surface area contributed by atoms with Crippen molar-refractivity contribution in [2.24, 2.45) is 0 Å². The minimum Gasteiger partial charge on any atom is -0.325 e. The SMILES string of the molecule is O=C(CSc1nc(=O)n(Cc2ccccn2)c2c1CCC2)Nc1ccc(Cl)c(Cl)c1. The van der Waals surface area contributed by atoms with E-state index in [1.165, 1.54) is 11.8 Å². The lowest BCUT2D eigenvalue weighted by Gasteiger charge is -2.14. The van der Waals surface area contributed by atoms with Crippen LogP contribution in [0.1, 0.15) is 23.4 Å². The van der Waals surface area contributed by atoms with Crippen LogP contribution in [0, 0.1) is 0 Å². The van der Waals surface area contributed by atoms with Gasteiger partial charge in [0.1, 0.15) is 5.03 Å². The molecule has 0 saturated heterocycles. The van der Waals surface area contributed by atoms with Crippen molar-refractivity contribution in [3.05, 3.63) is 80.1 Å². The lowest BCUT2D eigenvalue weighted by Crippen LogP contribution is -2.28. The molecule has 2 heterocycles. The second kappa shape index (κ2) is 9.20. The van der Waals surface area contributed by atoms with Crippen LogP contribution in [0.15, 0.2) is 52.4 Å². The van der Waals surface area contributed by atoms with Crippen LogP contribution in [0.4, 0.5) is 5.69 Å². The number of benzene rings is 1. The first kappa shape index (κ1) is 20.9. The summed E-state index contributed by atoms with van der Waals surface area (Å²) in [7, 11) is 0. The zero-order chi connectivity index (χ0) is 21.1. The van der Waals surface area contributed by atoms with Crippen LogP contribution in [-0.2, 0) is 24.2 Å². The van der Waals surface area contributed by atoms with Gasteiger partial charge in [-0.2, -0.15) is 4.98 Å².